The van der Waals surface area contributed by atoms with Gasteiger partial charge in [-0.2, -0.15) is 0 Å². The minimum Gasteiger partial charge on any atom is -0.394 e. The van der Waals surface area contributed by atoms with Gasteiger partial charge in [-0.3, -0.25) is 0 Å². The van der Waals surface area contributed by atoms with Crippen molar-refractivity contribution in [3.8, 4) is 0 Å². The van der Waals surface area contributed by atoms with E-state index in [0.717, 1.165) is 25.0 Å². The lowest BCUT2D eigenvalue weighted by molar-refractivity contribution is 0.0962. The highest BCUT2D eigenvalue weighted by Crippen LogP contribution is 2.30. The van der Waals surface area contributed by atoms with Gasteiger partial charge in [0.15, 0.2) is 11.6 Å². The van der Waals surface area contributed by atoms with Crippen LogP contribution in [0.4, 0.5) is 13.6 Å². The molecule has 2 aliphatic heterocycles. The molecule has 2 heterocycles. The highest BCUT2D eigenvalue weighted by Gasteiger charge is 2.35. The molecule has 0 saturated carbocycles. The third-order valence-electron chi connectivity index (χ3n) is 4.52. The Morgan fingerprint density at radius 3 is 2.91 bits per heavy atom. The number of ether oxygens (including phenoxy) is 1. The van der Waals surface area contributed by atoms with E-state index in [-0.39, 0.29) is 24.7 Å². The Kier molecular flexibility index (Phi) is 4.77. The second-order valence-electron chi connectivity index (χ2n) is 5.98. The average Bonchev–Trinajstić information content (AvgIpc) is 3.18. The zero-order chi connectivity index (χ0) is 16.4. The predicted octanol–water partition coefficient (Wildman–Crippen LogP) is 1.96. The molecule has 1 aromatic rings. The first kappa shape index (κ1) is 16.1. The maximum Gasteiger partial charge on any atom is 0.318 e. The summed E-state index contributed by atoms with van der Waals surface area (Å²) in [6.45, 7) is 1.000. The van der Waals surface area contributed by atoms with Gasteiger partial charge < -0.3 is 20.1 Å². The number of rotatable bonds is 3. The van der Waals surface area contributed by atoms with E-state index in [1.807, 2.05) is 0 Å². The van der Waals surface area contributed by atoms with Gasteiger partial charge in [0.05, 0.1) is 18.7 Å². The Morgan fingerprint density at radius 1 is 1.35 bits per heavy atom. The minimum atomic E-state index is -0.928. The summed E-state index contributed by atoms with van der Waals surface area (Å²) in [6, 6.07) is 2.94. The molecular formula is C16H20F2N2O3. The number of nitrogens with one attached hydrogen (secondary N) is 1. The van der Waals surface area contributed by atoms with Crippen LogP contribution in [0.25, 0.3) is 0 Å². The summed E-state index contributed by atoms with van der Waals surface area (Å²) < 4.78 is 32.1. The molecule has 3 atom stereocenters. The van der Waals surface area contributed by atoms with E-state index in [2.05, 4.69) is 5.32 Å². The number of carbonyl (C=O) groups is 1. The lowest BCUT2D eigenvalue weighted by Gasteiger charge is -2.27. The smallest absolute Gasteiger partial charge is 0.318 e. The quantitative estimate of drug-likeness (QED) is 0.893. The molecule has 2 N–H and O–H groups in total. The molecular weight excluding hydrogens is 306 g/mol. The van der Waals surface area contributed by atoms with E-state index in [4.69, 9.17) is 4.74 Å². The summed E-state index contributed by atoms with van der Waals surface area (Å²) in [4.78, 5) is 14.0. The van der Waals surface area contributed by atoms with Crippen LogP contribution in [-0.2, 0) is 4.74 Å². The Balaban J connectivity index is 1.69. The molecule has 0 spiro atoms. The maximum absolute atomic E-state index is 13.4. The van der Waals surface area contributed by atoms with E-state index in [9.17, 15) is 18.7 Å². The monoisotopic (exact) mass is 326 g/mol. The molecule has 0 aromatic heterocycles. The van der Waals surface area contributed by atoms with Crippen LogP contribution in [0.1, 0.15) is 30.9 Å². The van der Waals surface area contributed by atoms with Gasteiger partial charge in [-0.05, 0) is 37.0 Å². The number of carbonyl (C=O) groups excluding carboxylic acids is 1. The number of hydrogen-bond acceptors (Lipinski definition) is 3. The van der Waals surface area contributed by atoms with Crippen molar-refractivity contribution in [2.75, 3.05) is 19.8 Å². The zero-order valence-corrected chi connectivity index (χ0v) is 12.7. The van der Waals surface area contributed by atoms with Gasteiger partial charge in [0.25, 0.3) is 0 Å². The van der Waals surface area contributed by atoms with Crippen molar-refractivity contribution in [1.82, 2.24) is 10.2 Å². The number of amides is 2. The standard InChI is InChI=1S/C16H20F2N2O3/c17-12-4-3-10(8-13(12)18)15-14(5-7-23-15)19-16(22)20-6-1-2-11(20)9-21/h3-4,8,11,14-15,21H,1-2,5-7,9H2,(H,19,22)/t11-,14+,15+/m1/s1. The first-order valence-corrected chi connectivity index (χ1v) is 7.84. The second kappa shape index (κ2) is 6.80. The lowest BCUT2D eigenvalue weighted by Crippen LogP contribution is -2.48. The SMILES string of the molecule is O=C(N[C@H]1CCO[C@H]1c1ccc(F)c(F)c1)N1CCC[C@@H]1CO. The van der Waals surface area contributed by atoms with Gasteiger partial charge in [0, 0.05) is 13.2 Å². The Morgan fingerprint density at radius 2 is 2.17 bits per heavy atom. The van der Waals surface area contributed by atoms with Gasteiger partial charge in [0.1, 0.15) is 6.10 Å². The van der Waals surface area contributed by atoms with Crippen molar-refractivity contribution in [2.24, 2.45) is 0 Å². The maximum atomic E-state index is 13.4. The largest absolute Gasteiger partial charge is 0.394 e. The van der Waals surface area contributed by atoms with Crippen LogP contribution < -0.4 is 5.32 Å². The molecule has 3 rings (SSSR count). The minimum absolute atomic E-state index is 0.0544. The van der Waals surface area contributed by atoms with Crippen molar-refractivity contribution in [1.29, 1.82) is 0 Å². The van der Waals surface area contributed by atoms with Crippen molar-refractivity contribution in [3.63, 3.8) is 0 Å². The van der Waals surface area contributed by atoms with Gasteiger partial charge in [-0.25, -0.2) is 13.6 Å². The molecule has 0 aliphatic carbocycles. The summed E-state index contributed by atoms with van der Waals surface area (Å²) in [7, 11) is 0. The molecule has 0 radical (unpaired) electrons. The van der Waals surface area contributed by atoms with Crippen molar-refractivity contribution >= 4 is 6.03 Å². The van der Waals surface area contributed by atoms with E-state index in [0.29, 0.717) is 25.1 Å². The molecule has 7 heteroatoms. The van der Waals surface area contributed by atoms with Crippen molar-refractivity contribution in [3.05, 3.63) is 35.4 Å². The number of benzene rings is 1. The zero-order valence-electron chi connectivity index (χ0n) is 12.7. The van der Waals surface area contributed by atoms with Crippen LogP contribution in [0.2, 0.25) is 0 Å². The fraction of sp³-hybridized carbons (Fsp3) is 0.562. The van der Waals surface area contributed by atoms with Gasteiger partial charge in [-0.15, -0.1) is 0 Å². The fourth-order valence-electron chi connectivity index (χ4n) is 3.29. The van der Waals surface area contributed by atoms with Crippen LogP contribution in [-0.4, -0.2) is 47.9 Å². The highest BCUT2D eigenvalue weighted by atomic mass is 19.2. The molecule has 1 aromatic carbocycles. The number of likely N-dealkylation sites (tertiary alicyclic amines) is 1. The Bertz CT molecular complexity index is 584. The molecule has 126 valence electrons. The number of nitrogens with zero attached hydrogens (tertiary/aromatic N) is 1. The summed E-state index contributed by atoms with van der Waals surface area (Å²) in [6.07, 6.45) is 1.76. The number of aliphatic hydroxyl groups is 1. The molecule has 23 heavy (non-hydrogen) atoms. The number of hydrogen-bond donors (Lipinski definition) is 2. The lowest BCUT2D eigenvalue weighted by atomic mass is 10.0. The summed E-state index contributed by atoms with van der Waals surface area (Å²) >= 11 is 0. The first-order chi connectivity index (χ1) is 11.1. The Hall–Kier alpha value is -1.73. The molecule has 0 unspecified atom stereocenters. The van der Waals surface area contributed by atoms with Crippen LogP contribution in [0.15, 0.2) is 18.2 Å². The van der Waals surface area contributed by atoms with E-state index < -0.39 is 17.7 Å². The summed E-state index contributed by atoms with van der Waals surface area (Å²) in [5.41, 5.74) is 0.506. The summed E-state index contributed by atoms with van der Waals surface area (Å²) in [5.74, 6) is -1.84. The van der Waals surface area contributed by atoms with Crippen LogP contribution >= 0.6 is 0 Å². The normalized spacial score (nSPS) is 27.4. The average molecular weight is 326 g/mol. The molecule has 2 amide bonds. The molecule has 2 fully saturated rings. The van der Waals surface area contributed by atoms with Crippen molar-refractivity contribution < 1.29 is 23.4 Å². The van der Waals surface area contributed by atoms with Crippen LogP contribution in [0.5, 0.6) is 0 Å². The Labute approximate surface area is 133 Å². The second-order valence-corrected chi connectivity index (χ2v) is 5.98. The third kappa shape index (κ3) is 3.30. The van der Waals surface area contributed by atoms with Gasteiger partial charge >= 0.3 is 6.03 Å². The van der Waals surface area contributed by atoms with Gasteiger partial charge in [-0.1, -0.05) is 6.07 Å². The van der Waals surface area contributed by atoms with Crippen molar-refractivity contribution in [2.45, 2.75) is 37.5 Å². The number of urea groups is 1. The van der Waals surface area contributed by atoms with E-state index in [1.165, 1.54) is 6.07 Å². The molecule has 0 bridgehead atoms. The fourth-order valence-corrected chi connectivity index (χ4v) is 3.29. The molecule has 2 saturated heterocycles. The van der Waals surface area contributed by atoms with E-state index in [1.54, 1.807) is 4.90 Å². The molecule has 2 aliphatic rings. The topological polar surface area (TPSA) is 61.8 Å². The van der Waals surface area contributed by atoms with Crippen LogP contribution in [0.3, 0.4) is 0 Å². The van der Waals surface area contributed by atoms with E-state index >= 15 is 0 Å². The highest BCUT2D eigenvalue weighted by molar-refractivity contribution is 5.75. The molecule has 5 nitrogen and oxygen atoms in total. The first-order valence-electron chi connectivity index (χ1n) is 7.84. The summed E-state index contributed by atoms with van der Waals surface area (Å²) in [5, 5.41) is 12.2. The third-order valence-corrected chi connectivity index (χ3v) is 4.52. The van der Waals surface area contributed by atoms with Crippen LogP contribution in [0, 0.1) is 11.6 Å². The predicted molar refractivity (Wildman–Crippen MR) is 78.8 cm³/mol. The number of aliphatic hydroxyl groups excluding tert-OH is 1. The number of halogens is 2. The van der Waals surface area contributed by atoms with Gasteiger partial charge in [0.2, 0.25) is 0 Å².